The van der Waals surface area contributed by atoms with Crippen molar-refractivity contribution >= 4 is 38.9 Å². The van der Waals surface area contributed by atoms with E-state index in [-0.39, 0.29) is 21.8 Å². The van der Waals surface area contributed by atoms with Crippen LogP contribution in [0.2, 0.25) is 10.0 Å². The Hall–Kier alpha value is -2.69. The topological polar surface area (TPSA) is 117 Å². The minimum absolute atomic E-state index is 0.0178. The summed E-state index contributed by atoms with van der Waals surface area (Å²) in [6.07, 6.45) is 1.61. The van der Waals surface area contributed by atoms with Crippen molar-refractivity contribution in [1.82, 2.24) is 14.2 Å². The normalized spacial score (nSPS) is 11.4. The van der Waals surface area contributed by atoms with Crippen LogP contribution in [0.1, 0.15) is 19.8 Å². The molecule has 3 rings (SSSR count). The predicted octanol–water partition coefficient (Wildman–Crippen LogP) is 4.58. The number of halogens is 2. The van der Waals surface area contributed by atoms with E-state index in [1.165, 1.54) is 0 Å². The molecule has 1 heterocycles. The molecule has 158 valence electrons. The van der Waals surface area contributed by atoms with Crippen LogP contribution in [0.5, 0.6) is 6.01 Å². The second-order valence-corrected chi connectivity index (χ2v) is 8.76. The number of nitrogens with zero attached hydrogens (tertiary/aromatic N) is 4. The number of unbranched alkanes of at least 4 members (excludes halogenated alkanes) is 1. The molecule has 0 N–H and O–H groups in total. The van der Waals surface area contributed by atoms with Crippen molar-refractivity contribution in [3.63, 3.8) is 0 Å². The molecule has 30 heavy (non-hydrogen) atoms. The van der Waals surface area contributed by atoms with E-state index in [0.717, 1.165) is 31.0 Å². The zero-order valence-corrected chi connectivity index (χ0v) is 18.0. The highest BCUT2D eigenvalue weighted by atomic mass is 35.5. The van der Waals surface area contributed by atoms with E-state index in [0.29, 0.717) is 21.3 Å². The van der Waals surface area contributed by atoms with Gasteiger partial charge in [-0.3, -0.25) is 10.1 Å². The van der Waals surface area contributed by atoms with E-state index >= 15 is 0 Å². The molecule has 12 heteroatoms. The van der Waals surface area contributed by atoms with E-state index in [4.69, 9.17) is 27.9 Å². The molecule has 3 aromatic rings. The fourth-order valence-corrected chi connectivity index (χ4v) is 4.05. The lowest BCUT2D eigenvalue weighted by atomic mass is 10.2. The van der Waals surface area contributed by atoms with Gasteiger partial charge in [-0.05, 0) is 42.8 Å². The minimum atomic E-state index is -4.34. The quantitative estimate of drug-likeness (QED) is 0.268. The monoisotopic (exact) mass is 470 g/mol. The van der Waals surface area contributed by atoms with E-state index in [9.17, 15) is 18.5 Å². The standard InChI is InChI=1S/C18H16Cl2N4O5S/c1-2-3-10-29-18-21-17(12-4-6-13(19)7-5-12)23(22-18)30(27,28)14-8-9-15(20)16(11-14)24(25)26/h4-9,11H,2-3,10H2,1H3. The SMILES string of the molecule is CCCCOc1nc(-c2ccc(Cl)cc2)n(S(=O)(=O)c2ccc(Cl)c([N+](=O)[O-])c2)n1. The van der Waals surface area contributed by atoms with Crippen LogP contribution >= 0.6 is 23.2 Å². The van der Waals surface area contributed by atoms with Crippen LogP contribution in [-0.2, 0) is 10.0 Å². The molecule has 0 aliphatic rings. The van der Waals surface area contributed by atoms with Crippen molar-refractivity contribution in [1.29, 1.82) is 0 Å². The largest absolute Gasteiger partial charge is 0.462 e. The fraction of sp³-hybridized carbons (Fsp3) is 0.222. The highest BCUT2D eigenvalue weighted by Crippen LogP contribution is 2.30. The van der Waals surface area contributed by atoms with Gasteiger partial charge in [0.25, 0.3) is 15.7 Å². The van der Waals surface area contributed by atoms with Gasteiger partial charge in [0, 0.05) is 16.7 Å². The molecule has 0 unspecified atom stereocenters. The third-order valence-corrected chi connectivity index (χ3v) is 6.16. The first-order valence-corrected chi connectivity index (χ1v) is 11.0. The number of nitro groups is 1. The van der Waals surface area contributed by atoms with Crippen LogP contribution in [0, 0.1) is 10.1 Å². The third-order valence-electron chi connectivity index (χ3n) is 4.03. The molecule has 0 fully saturated rings. The van der Waals surface area contributed by atoms with Crippen LogP contribution < -0.4 is 4.74 Å². The first-order chi connectivity index (χ1) is 14.2. The number of hydrogen-bond donors (Lipinski definition) is 0. The molecule has 0 bridgehead atoms. The van der Waals surface area contributed by atoms with Gasteiger partial charge in [0.15, 0.2) is 5.82 Å². The summed E-state index contributed by atoms with van der Waals surface area (Å²) in [6, 6.07) is 9.38. The van der Waals surface area contributed by atoms with Crippen LogP contribution in [0.15, 0.2) is 47.4 Å². The molecule has 1 aromatic heterocycles. The van der Waals surface area contributed by atoms with Crippen molar-refractivity contribution in [2.75, 3.05) is 6.61 Å². The number of aromatic nitrogens is 3. The first kappa shape index (κ1) is 22.0. The summed E-state index contributed by atoms with van der Waals surface area (Å²) in [5, 5.41) is 15.4. The number of hydrogen-bond acceptors (Lipinski definition) is 7. The Bertz CT molecular complexity index is 1180. The highest BCUT2D eigenvalue weighted by Gasteiger charge is 2.28. The molecule has 0 aliphatic heterocycles. The van der Waals surface area contributed by atoms with Crippen LogP contribution in [0.3, 0.4) is 0 Å². The van der Waals surface area contributed by atoms with Gasteiger partial charge in [0.2, 0.25) is 0 Å². The maximum Gasteiger partial charge on any atom is 0.337 e. The summed E-state index contributed by atoms with van der Waals surface area (Å²) >= 11 is 11.7. The molecular weight excluding hydrogens is 455 g/mol. The second kappa shape index (κ2) is 8.99. The Morgan fingerprint density at radius 2 is 1.87 bits per heavy atom. The molecule has 0 aliphatic carbocycles. The molecule has 0 amide bonds. The van der Waals surface area contributed by atoms with Crippen molar-refractivity contribution in [2.24, 2.45) is 0 Å². The summed E-state index contributed by atoms with van der Waals surface area (Å²) in [7, 11) is -4.34. The smallest absolute Gasteiger partial charge is 0.337 e. The zero-order valence-electron chi connectivity index (χ0n) is 15.7. The number of rotatable bonds is 8. The van der Waals surface area contributed by atoms with E-state index < -0.39 is 20.6 Å². The summed E-state index contributed by atoms with van der Waals surface area (Å²) < 4.78 is 32.6. The van der Waals surface area contributed by atoms with Gasteiger partial charge < -0.3 is 4.74 Å². The number of ether oxygens (including phenoxy) is 1. The van der Waals surface area contributed by atoms with Gasteiger partial charge in [-0.1, -0.05) is 41.6 Å². The van der Waals surface area contributed by atoms with E-state index in [2.05, 4.69) is 10.1 Å². The summed E-state index contributed by atoms with van der Waals surface area (Å²) in [4.78, 5) is 14.2. The van der Waals surface area contributed by atoms with Gasteiger partial charge in [-0.2, -0.15) is 13.4 Å². The Morgan fingerprint density at radius 1 is 1.17 bits per heavy atom. The second-order valence-electron chi connectivity index (χ2n) is 6.15. The zero-order chi connectivity index (χ0) is 21.9. The van der Waals surface area contributed by atoms with Gasteiger partial charge >= 0.3 is 6.01 Å². The predicted molar refractivity (Wildman–Crippen MR) is 112 cm³/mol. The Balaban J connectivity index is 2.13. The van der Waals surface area contributed by atoms with Crippen molar-refractivity contribution in [3.05, 3.63) is 62.6 Å². The average Bonchev–Trinajstić information content (AvgIpc) is 3.14. The van der Waals surface area contributed by atoms with Crippen molar-refractivity contribution < 1.29 is 18.1 Å². The maximum atomic E-state index is 13.2. The average molecular weight is 471 g/mol. The molecule has 2 aromatic carbocycles. The lowest BCUT2D eigenvalue weighted by molar-refractivity contribution is -0.384. The summed E-state index contributed by atoms with van der Waals surface area (Å²) in [5.41, 5.74) is -0.116. The molecule has 0 saturated heterocycles. The van der Waals surface area contributed by atoms with E-state index in [1.807, 2.05) is 6.92 Å². The maximum absolute atomic E-state index is 13.2. The van der Waals surface area contributed by atoms with E-state index in [1.54, 1.807) is 24.3 Å². The van der Waals surface area contributed by atoms with Gasteiger partial charge in [-0.15, -0.1) is 4.09 Å². The molecule has 0 radical (unpaired) electrons. The van der Waals surface area contributed by atoms with Crippen molar-refractivity contribution in [2.45, 2.75) is 24.7 Å². The fourth-order valence-electron chi connectivity index (χ4n) is 2.48. The molecule has 0 saturated carbocycles. The Kier molecular flexibility index (Phi) is 6.59. The van der Waals surface area contributed by atoms with Gasteiger partial charge in [-0.25, -0.2) is 0 Å². The lowest BCUT2D eigenvalue weighted by Gasteiger charge is -2.08. The minimum Gasteiger partial charge on any atom is -0.462 e. The van der Waals surface area contributed by atoms with Gasteiger partial charge in [0.05, 0.1) is 16.4 Å². The summed E-state index contributed by atoms with van der Waals surface area (Å²) in [5.74, 6) is -0.0178. The molecule has 0 atom stereocenters. The number of benzene rings is 2. The van der Waals surface area contributed by atoms with Gasteiger partial charge in [0.1, 0.15) is 5.02 Å². The Morgan fingerprint density at radius 3 is 2.50 bits per heavy atom. The molecular formula is C18H16Cl2N4O5S. The third kappa shape index (κ3) is 4.55. The van der Waals surface area contributed by atoms with Crippen LogP contribution in [-0.4, -0.2) is 34.1 Å². The molecule has 9 nitrogen and oxygen atoms in total. The van der Waals surface area contributed by atoms with Crippen LogP contribution in [0.25, 0.3) is 11.4 Å². The number of nitro benzene ring substituents is 1. The van der Waals surface area contributed by atoms with Crippen molar-refractivity contribution in [3.8, 4) is 17.4 Å². The summed E-state index contributed by atoms with van der Waals surface area (Å²) in [6.45, 7) is 2.29. The molecule has 0 spiro atoms. The van der Waals surface area contributed by atoms with Crippen LogP contribution in [0.4, 0.5) is 5.69 Å². The highest BCUT2D eigenvalue weighted by molar-refractivity contribution is 7.90. The lowest BCUT2D eigenvalue weighted by Crippen LogP contribution is -2.16. The Labute approximate surface area is 182 Å². The first-order valence-electron chi connectivity index (χ1n) is 8.79.